The molecule has 19 nitrogen and oxygen atoms in total. The van der Waals surface area contributed by atoms with Crippen LogP contribution in [0, 0.1) is 24.7 Å². The molecule has 8 aliphatic rings. The fraction of sp³-hybridized carbons (Fsp3) is 0.582. The highest BCUT2D eigenvalue weighted by Gasteiger charge is 2.56. The zero-order valence-corrected chi connectivity index (χ0v) is 42.7. The maximum absolute atomic E-state index is 13.8. The number of ketones is 1. The molecule has 2 N–H and O–H groups in total. The van der Waals surface area contributed by atoms with E-state index >= 15 is 0 Å². The number of aromatic nitrogens is 4. The number of piperidine rings is 4. The highest BCUT2D eigenvalue weighted by molar-refractivity contribution is 6.05. The second-order valence-electron chi connectivity index (χ2n) is 22.2. The standard InChI is InChI=1S/C55H68N12O7/c1-33-43-31-57-54(60-49(43)66(38-5-3-4-6-38)52(72)47(33)34(2)68)58-45-11-8-40(30-56-45)63-27-25-61(26-28-63)32-35-13-19-64(20-14-35)55(73)65-23-17-37(18-24-65)36-15-21-62(22-16-36)39-7-9-41-42(29-39)48-53(74-48)67(51(41)71)44-10-12-46(69)59-50(44)70/h7-9,11,29-31,35-38,44,48,53H,3-6,10,12-28,32H2,1-2H3,(H,59,69,70)(H,56,57,58,60). The molecular formula is C55H68N12O7. The van der Waals surface area contributed by atoms with E-state index in [1.54, 1.807) is 17.7 Å². The monoisotopic (exact) mass is 1010 g/mol. The van der Waals surface area contributed by atoms with E-state index < -0.39 is 18.2 Å². The number of hydrogen-bond acceptors (Lipinski definition) is 14. The second-order valence-corrected chi connectivity index (χ2v) is 22.2. The van der Waals surface area contributed by atoms with Crippen LogP contribution < -0.4 is 26.0 Å². The molecule has 3 unspecified atom stereocenters. The van der Waals surface area contributed by atoms with Crippen molar-refractivity contribution in [1.82, 2.24) is 44.4 Å². The molecule has 19 heteroatoms. The number of epoxide rings is 1. The molecule has 3 aromatic heterocycles. The lowest BCUT2D eigenvalue weighted by Crippen LogP contribution is -2.56. The smallest absolute Gasteiger partial charge is 0.319 e. The van der Waals surface area contributed by atoms with Crippen LogP contribution in [0.15, 0.2) is 47.5 Å². The van der Waals surface area contributed by atoms with E-state index in [1.165, 1.54) is 11.8 Å². The predicted molar refractivity (Wildman–Crippen MR) is 278 cm³/mol. The first-order chi connectivity index (χ1) is 35.9. The van der Waals surface area contributed by atoms with Crippen LogP contribution in [0.5, 0.6) is 0 Å². The molecule has 6 saturated heterocycles. The normalized spacial score (nSPS) is 24.6. The number of pyridine rings is 2. The molecular weight excluding hydrogens is 941 g/mol. The number of amides is 5. The number of carbonyl (C=O) groups excluding carboxylic acids is 5. The molecule has 12 rings (SSSR count). The van der Waals surface area contributed by atoms with E-state index in [-0.39, 0.29) is 53.3 Å². The topological polar surface area (TPSA) is 202 Å². The number of fused-ring (bicyclic) bond motifs is 4. The van der Waals surface area contributed by atoms with E-state index in [4.69, 9.17) is 14.7 Å². The van der Waals surface area contributed by atoms with Gasteiger partial charge in [0.15, 0.2) is 12.0 Å². The third-order valence-corrected chi connectivity index (χ3v) is 17.9. The van der Waals surface area contributed by atoms with E-state index in [1.807, 2.05) is 24.4 Å². The number of aryl methyl sites for hydroxylation is 1. The molecule has 0 bridgehead atoms. The molecule has 7 fully saturated rings. The minimum Gasteiger partial charge on any atom is -0.372 e. The summed E-state index contributed by atoms with van der Waals surface area (Å²) in [5.41, 5.74) is 4.76. The Bertz CT molecular complexity index is 2910. The number of benzene rings is 1. The van der Waals surface area contributed by atoms with Gasteiger partial charge in [0.2, 0.25) is 17.8 Å². The highest BCUT2D eigenvalue weighted by atomic mass is 16.6. The Kier molecular flexibility index (Phi) is 13.1. The van der Waals surface area contributed by atoms with Gasteiger partial charge in [-0.2, -0.15) is 4.98 Å². The van der Waals surface area contributed by atoms with Crippen LogP contribution in [0.3, 0.4) is 0 Å². The third kappa shape index (κ3) is 9.27. The Balaban J connectivity index is 0.564. The second kappa shape index (κ2) is 20.0. The van der Waals surface area contributed by atoms with Crippen LogP contribution in [0.4, 0.5) is 27.9 Å². The summed E-state index contributed by atoms with van der Waals surface area (Å²) < 4.78 is 7.70. The summed E-state index contributed by atoms with van der Waals surface area (Å²) in [5, 5.41) is 6.33. The van der Waals surface area contributed by atoms with Crippen molar-refractivity contribution >= 4 is 63.7 Å². The first-order valence-corrected chi connectivity index (χ1v) is 27.3. The molecule has 5 amide bonds. The molecule has 74 heavy (non-hydrogen) atoms. The van der Waals surface area contributed by atoms with Crippen molar-refractivity contribution in [3.05, 3.63) is 75.3 Å². The SMILES string of the molecule is CC(=O)c1c(C)c2cnc(Nc3ccc(N4CCN(CC5CCN(C(=O)N6CCC(C7CCN(c8ccc9c(c8)C8OC8N(C8CCC(=O)NC8=O)C9=O)CC7)CC6)CC5)CC4)cn3)nc2n(C2CCCC2)c1=O. The van der Waals surface area contributed by atoms with Gasteiger partial charge in [0, 0.05) is 113 Å². The minimum absolute atomic E-state index is 0.0126. The van der Waals surface area contributed by atoms with Crippen LogP contribution in [-0.4, -0.2) is 153 Å². The van der Waals surface area contributed by atoms with Gasteiger partial charge in [0.1, 0.15) is 23.6 Å². The molecule has 1 aliphatic carbocycles. The van der Waals surface area contributed by atoms with Crippen molar-refractivity contribution in [2.75, 3.05) is 87.1 Å². The first kappa shape index (κ1) is 48.5. The third-order valence-electron chi connectivity index (χ3n) is 17.9. The molecule has 10 heterocycles. The van der Waals surface area contributed by atoms with Gasteiger partial charge in [-0.25, -0.2) is 14.8 Å². The summed E-state index contributed by atoms with van der Waals surface area (Å²) in [7, 11) is 0. The van der Waals surface area contributed by atoms with Gasteiger partial charge in [-0.15, -0.1) is 0 Å². The van der Waals surface area contributed by atoms with E-state index in [9.17, 15) is 28.8 Å². The number of urea groups is 1. The molecule has 390 valence electrons. The van der Waals surface area contributed by atoms with Crippen molar-refractivity contribution in [1.29, 1.82) is 0 Å². The molecule has 7 aliphatic heterocycles. The lowest BCUT2D eigenvalue weighted by molar-refractivity contribution is -0.137. The summed E-state index contributed by atoms with van der Waals surface area (Å²) >= 11 is 0. The van der Waals surface area contributed by atoms with Crippen molar-refractivity contribution in [3.8, 4) is 0 Å². The molecule has 1 saturated carbocycles. The summed E-state index contributed by atoms with van der Waals surface area (Å²) in [6.45, 7) is 13.3. The number of carbonyl (C=O) groups is 5. The van der Waals surface area contributed by atoms with Gasteiger partial charge >= 0.3 is 6.03 Å². The number of piperazine rings is 1. The van der Waals surface area contributed by atoms with Gasteiger partial charge in [0.05, 0.1) is 17.4 Å². The van der Waals surface area contributed by atoms with Crippen LogP contribution in [0.2, 0.25) is 0 Å². The van der Waals surface area contributed by atoms with Gasteiger partial charge < -0.3 is 29.7 Å². The predicted octanol–water partition coefficient (Wildman–Crippen LogP) is 5.80. The molecule has 0 radical (unpaired) electrons. The summed E-state index contributed by atoms with van der Waals surface area (Å²) in [5.74, 6) is 1.63. The number of hydrogen-bond donors (Lipinski definition) is 2. The molecule has 0 spiro atoms. The molecule has 3 atom stereocenters. The van der Waals surface area contributed by atoms with E-state index in [0.29, 0.717) is 58.1 Å². The largest absolute Gasteiger partial charge is 0.372 e. The van der Waals surface area contributed by atoms with Crippen LogP contribution in [0.25, 0.3) is 11.0 Å². The van der Waals surface area contributed by atoms with Crippen molar-refractivity contribution in [2.45, 2.75) is 115 Å². The van der Waals surface area contributed by atoms with Crippen LogP contribution in [-0.2, 0) is 14.3 Å². The Morgan fingerprint density at radius 2 is 1.43 bits per heavy atom. The number of ether oxygens (including phenoxy) is 1. The fourth-order valence-corrected chi connectivity index (χ4v) is 13.6. The quantitative estimate of drug-likeness (QED) is 0.110. The number of likely N-dealkylation sites (tertiary alicyclic amines) is 2. The van der Waals surface area contributed by atoms with Crippen molar-refractivity contribution in [2.24, 2.45) is 17.8 Å². The number of anilines is 4. The number of nitrogens with zero attached hydrogens (tertiary/aromatic N) is 10. The van der Waals surface area contributed by atoms with Crippen LogP contribution >= 0.6 is 0 Å². The summed E-state index contributed by atoms with van der Waals surface area (Å²) in [6, 6.07) is 9.55. The number of nitrogens with one attached hydrogen (secondary N) is 2. The zero-order chi connectivity index (χ0) is 50.8. The number of imide groups is 1. The Labute approximate surface area is 431 Å². The fourth-order valence-electron chi connectivity index (χ4n) is 13.6. The average molecular weight is 1010 g/mol. The Hall–Kier alpha value is -6.47. The van der Waals surface area contributed by atoms with Gasteiger partial charge in [-0.05, 0) is 125 Å². The summed E-state index contributed by atoms with van der Waals surface area (Å²) in [4.78, 5) is 105. The van der Waals surface area contributed by atoms with Crippen LogP contribution in [0.1, 0.15) is 128 Å². The maximum atomic E-state index is 13.8. The average Bonchev–Trinajstić information content (AvgIpc) is 4.03. The van der Waals surface area contributed by atoms with Crippen molar-refractivity contribution in [3.63, 3.8) is 0 Å². The molecule has 1 aromatic carbocycles. The Morgan fingerprint density at radius 1 is 0.757 bits per heavy atom. The van der Waals surface area contributed by atoms with Gasteiger partial charge in [-0.3, -0.25) is 43.7 Å². The maximum Gasteiger partial charge on any atom is 0.319 e. The van der Waals surface area contributed by atoms with Gasteiger partial charge in [0.25, 0.3) is 11.5 Å². The minimum atomic E-state index is -0.692. The Morgan fingerprint density at radius 3 is 2.11 bits per heavy atom. The lowest BCUT2D eigenvalue weighted by Gasteiger charge is -2.43. The zero-order valence-electron chi connectivity index (χ0n) is 42.7. The van der Waals surface area contributed by atoms with E-state index in [2.05, 4.69) is 52.2 Å². The molecule has 4 aromatic rings. The van der Waals surface area contributed by atoms with Gasteiger partial charge in [-0.1, -0.05) is 12.8 Å². The summed E-state index contributed by atoms with van der Waals surface area (Å²) in [6.07, 6.45) is 13.7. The highest BCUT2D eigenvalue weighted by Crippen LogP contribution is 2.49. The first-order valence-electron chi connectivity index (χ1n) is 27.3. The number of rotatable bonds is 10. The number of Topliss-reactive ketones (excluding diaryl/α,β-unsaturated/α-hetero) is 1. The lowest BCUT2D eigenvalue weighted by atomic mass is 9.78. The van der Waals surface area contributed by atoms with E-state index in [0.717, 1.165) is 153 Å². The van der Waals surface area contributed by atoms with Crippen molar-refractivity contribution < 1.29 is 28.7 Å².